The highest BCUT2D eigenvalue weighted by Gasteiger charge is 2.47. The highest BCUT2D eigenvalue weighted by molar-refractivity contribution is 6.16. The summed E-state index contributed by atoms with van der Waals surface area (Å²) in [6, 6.07) is 19.4. The highest BCUT2D eigenvalue weighted by atomic mass is 16.3. The molecule has 2 aliphatic heterocycles. The molecule has 2 aliphatic rings. The molecule has 0 saturated heterocycles. The number of hydrazone groups is 2. The van der Waals surface area contributed by atoms with Crippen molar-refractivity contribution in [3.63, 3.8) is 0 Å². The Morgan fingerprint density at radius 3 is 2.35 bits per heavy atom. The van der Waals surface area contributed by atoms with Crippen LogP contribution >= 0.6 is 0 Å². The third kappa shape index (κ3) is 2.13. The minimum Gasteiger partial charge on any atom is -0.348 e. The van der Waals surface area contributed by atoms with E-state index in [4.69, 9.17) is 0 Å². The van der Waals surface area contributed by atoms with Crippen LogP contribution in [0.1, 0.15) is 12.5 Å². The molecule has 2 aromatic rings. The fourth-order valence-electron chi connectivity index (χ4n) is 2.83. The van der Waals surface area contributed by atoms with Crippen LogP contribution in [0.15, 0.2) is 82.5 Å². The molecule has 0 amide bonds. The number of benzene rings is 2. The van der Waals surface area contributed by atoms with Gasteiger partial charge in [-0.25, -0.2) is 5.01 Å². The Hall–Kier alpha value is -2.92. The summed E-state index contributed by atoms with van der Waals surface area (Å²) >= 11 is 0. The minimum atomic E-state index is -1.45. The second-order valence-corrected chi connectivity index (χ2v) is 5.54. The zero-order valence-electron chi connectivity index (χ0n) is 12.6. The summed E-state index contributed by atoms with van der Waals surface area (Å²) in [4.78, 5) is 0. The van der Waals surface area contributed by atoms with Crippen LogP contribution in [0.5, 0.6) is 0 Å². The molecule has 4 rings (SSSR count). The molecule has 2 heterocycles. The van der Waals surface area contributed by atoms with Crippen LogP contribution < -0.4 is 10.4 Å². The Balaban J connectivity index is 1.75. The maximum Gasteiger partial charge on any atom is 0.281 e. The van der Waals surface area contributed by atoms with E-state index in [0.29, 0.717) is 5.57 Å². The van der Waals surface area contributed by atoms with Gasteiger partial charge in [0.25, 0.3) is 5.85 Å². The number of hydrogen-bond donors (Lipinski definition) is 2. The first-order chi connectivity index (χ1) is 11.2. The van der Waals surface area contributed by atoms with Gasteiger partial charge in [-0.2, -0.15) is 10.2 Å². The van der Waals surface area contributed by atoms with Crippen molar-refractivity contribution >= 4 is 17.1 Å². The van der Waals surface area contributed by atoms with Crippen molar-refractivity contribution in [3.8, 4) is 0 Å². The molecule has 2 N–H and O–H groups in total. The Morgan fingerprint density at radius 1 is 1.00 bits per heavy atom. The molecule has 0 fully saturated rings. The van der Waals surface area contributed by atoms with Gasteiger partial charge in [0.2, 0.25) is 0 Å². The number of fused-ring (bicyclic) bond motifs is 1. The first-order valence-electron chi connectivity index (χ1n) is 7.44. The lowest BCUT2D eigenvalue weighted by atomic mass is 10.00. The Labute approximate surface area is 134 Å². The van der Waals surface area contributed by atoms with Crippen LogP contribution in [-0.2, 0) is 0 Å². The van der Waals surface area contributed by atoms with Crippen molar-refractivity contribution in [2.75, 3.05) is 5.01 Å². The molecule has 1 unspecified atom stereocenters. The van der Waals surface area contributed by atoms with E-state index in [1.807, 2.05) is 73.7 Å². The van der Waals surface area contributed by atoms with E-state index in [1.54, 1.807) is 5.01 Å². The number of allylic oxidation sites excluding steroid dienone is 1. The van der Waals surface area contributed by atoms with E-state index >= 15 is 0 Å². The molecule has 0 bridgehead atoms. The van der Waals surface area contributed by atoms with Gasteiger partial charge in [0.05, 0.1) is 22.7 Å². The van der Waals surface area contributed by atoms with Crippen LogP contribution in [-0.4, -0.2) is 22.4 Å². The fraction of sp³-hybridized carbons (Fsp3) is 0.111. The Bertz CT molecular complexity index is 827. The molecule has 0 aliphatic carbocycles. The number of para-hydroxylation sites is 1. The first kappa shape index (κ1) is 13.7. The van der Waals surface area contributed by atoms with Crippen LogP contribution in [0.4, 0.5) is 5.69 Å². The molecular formula is C18H16N4O. The van der Waals surface area contributed by atoms with Crippen LogP contribution in [0.3, 0.4) is 0 Å². The Kier molecular flexibility index (Phi) is 3.02. The number of hydrogen-bond acceptors (Lipinski definition) is 5. The third-order valence-corrected chi connectivity index (χ3v) is 4.01. The second-order valence-electron chi connectivity index (χ2n) is 5.54. The maximum atomic E-state index is 11.1. The zero-order chi connectivity index (χ0) is 15.9. The van der Waals surface area contributed by atoms with Gasteiger partial charge in [-0.1, -0.05) is 48.5 Å². The molecule has 0 saturated carbocycles. The summed E-state index contributed by atoms with van der Waals surface area (Å²) in [6.45, 7) is 1.88. The molecule has 23 heavy (non-hydrogen) atoms. The molecule has 1 atom stereocenters. The van der Waals surface area contributed by atoms with Crippen molar-refractivity contribution < 1.29 is 5.11 Å². The third-order valence-electron chi connectivity index (χ3n) is 4.01. The molecule has 5 heteroatoms. The molecule has 2 aromatic carbocycles. The molecule has 0 radical (unpaired) electrons. The molecule has 114 valence electrons. The van der Waals surface area contributed by atoms with Crippen molar-refractivity contribution in [2.45, 2.75) is 12.8 Å². The lowest BCUT2D eigenvalue weighted by Gasteiger charge is -2.35. The molecule has 0 aromatic heterocycles. The fourth-order valence-corrected chi connectivity index (χ4v) is 2.83. The van der Waals surface area contributed by atoms with Crippen molar-refractivity contribution in [1.82, 2.24) is 5.43 Å². The summed E-state index contributed by atoms with van der Waals surface area (Å²) in [5, 5.41) is 21.5. The van der Waals surface area contributed by atoms with Crippen LogP contribution in [0.2, 0.25) is 0 Å². The van der Waals surface area contributed by atoms with Gasteiger partial charge in [0.15, 0.2) is 0 Å². The average molecular weight is 304 g/mol. The smallest absolute Gasteiger partial charge is 0.281 e. The Morgan fingerprint density at radius 2 is 1.65 bits per heavy atom. The monoisotopic (exact) mass is 304 g/mol. The van der Waals surface area contributed by atoms with Gasteiger partial charge >= 0.3 is 0 Å². The van der Waals surface area contributed by atoms with Gasteiger partial charge in [-0.05, 0) is 25.1 Å². The van der Waals surface area contributed by atoms with Gasteiger partial charge in [0, 0.05) is 5.56 Å². The van der Waals surface area contributed by atoms with Gasteiger partial charge in [0.1, 0.15) is 0 Å². The normalized spacial score (nSPS) is 22.7. The summed E-state index contributed by atoms with van der Waals surface area (Å²) in [6.07, 6.45) is 1.88. The van der Waals surface area contributed by atoms with E-state index in [1.165, 1.54) is 0 Å². The quantitative estimate of drug-likeness (QED) is 0.896. The maximum absolute atomic E-state index is 11.1. The summed E-state index contributed by atoms with van der Waals surface area (Å²) < 4.78 is 0. The highest BCUT2D eigenvalue weighted by Crippen LogP contribution is 2.35. The minimum absolute atomic E-state index is 0.704. The standard InChI is InChI=1S/C18H16N4O/c1-13-16-12-17(14-8-4-2-5-9-14)19-21-18(16,23)22(20-13)15-10-6-3-7-11-15/h2-12,21,23H,1H3. The van der Waals surface area contributed by atoms with Crippen LogP contribution in [0.25, 0.3) is 0 Å². The topological polar surface area (TPSA) is 60.2 Å². The number of anilines is 1. The van der Waals surface area contributed by atoms with E-state index in [2.05, 4.69) is 15.6 Å². The largest absolute Gasteiger partial charge is 0.348 e. The lowest BCUT2D eigenvalue weighted by molar-refractivity contribution is 0.0501. The van der Waals surface area contributed by atoms with Gasteiger partial charge < -0.3 is 5.11 Å². The summed E-state index contributed by atoms with van der Waals surface area (Å²) in [5.74, 6) is -1.45. The first-order valence-corrected chi connectivity index (χ1v) is 7.44. The van der Waals surface area contributed by atoms with Crippen molar-refractivity contribution in [3.05, 3.63) is 77.9 Å². The van der Waals surface area contributed by atoms with Crippen molar-refractivity contribution in [1.29, 1.82) is 0 Å². The van der Waals surface area contributed by atoms with E-state index in [0.717, 1.165) is 22.7 Å². The SMILES string of the molecule is CC1=NN(c2ccccc2)C2(O)NN=C(c3ccccc3)C=C12. The molecule has 0 spiro atoms. The summed E-state index contributed by atoms with van der Waals surface area (Å²) in [7, 11) is 0. The van der Waals surface area contributed by atoms with E-state index in [9.17, 15) is 5.11 Å². The predicted molar refractivity (Wildman–Crippen MR) is 91.2 cm³/mol. The second kappa shape index (κ2) is 5.07. The van der Waals surface area contributed by atoms with Crippen LogP contribution in [0, 0.1) is 0 Å². The van der Waals surface area contributed by atoms with Gasteiger partial charge in [-0.3, -0.25) is 5.43 Å². The van der Waals surface area contributed by atoms with E-state index in [-0.39, 0.29) is 0 Å². The molecular weight excluding hydrogens is 288 g/mol. The predicted octanol–water partition coefficient (Wildman–Crippen LogP) is 2.46. The van der Waals surface area contributed by atoms with Gasteiger partial charge in [-0.15, -0.1) is 0 Å². The number of aliphatic hydroxyl groups is 1. The number of rotatable bonds is 2. The van der Waals surface area contributed by atoms with E-state index < -0.39 is 5.85 Å². The zero-order valence-corrected chi connectivity index (χ0v) is 12.6. The summed E-state index contributed by atoms with van der Waals surface area (Å²) in [5.41, 5.74) is 6.89. The lowest BCUT2D eigenvalue weighted by Crippen LogP contribution is -2.56. The number of nitrogens with one attached hydrogen (secondary N) is 1. The van der Waals surface area contributed by atoms with Crippen molar-refractivity contribution in [2.24, 2.45) is 10.2 Å². The molecule has 5 nitrogen and oxygen atoms in total. The average Bonchev–Trinajstić information content (AvgIpc) is 2.87. The number of nitrogens with zero attached hydrogens (tertiary/aromatic N) is 3.